The van der Waals surface area contributed by atoms with E-state index in [4.69, 9.17) is 0 Å². The lowest BCUT2D eigenvalue weighted by Crippen LogP contribution is -1.85. The first kappa shape index (κ1) is 8.83. The molecule has 0 saturated heterocycles. The van der Waals surface area contributed by atoms with Crippen LogP contribution in [-0.2, 0) is 0 Å². The van der Waals surface area contributed by atoms with Crippen LogP contribution in [0.1, 0.15) is 9.67 Å². The van der Waals surface area contributed by atoms with E-state index in [0.29, 0.717) is 4.88 Å². The number of carbonyl (C=O) groups is 1. The second-order valence-electron chi connectivity index (χ2n) is 2.75. The zero-order chi connectivity index (χ0) is 10.1. The summed E-state index contributed by atoms with van der Waals surface area (Å²) in [5.74, 6) is 0. The average molecular weight is 207 g/mol. The molecule has 14 heavy (non-hydrogen) atoms. The molecule has 1 aromatic carbocycles. The fraction of sp³-hybridized carbons (Fsp3) is 0. The molecule has 2 aromatic rings. The number of nitrogens with zero attached hydrogens (tertiary/aromatic N) is 1. The molecule has 0 N–H and O–H groups in total. The number of fused-ring (bicyclic) bond motifs is 1. The molecule has 2 rings (SSSR count). The third-order valence-corrected chi connectivity index (χ3v) is 2.87. The molecule has 5 heteroatoms. The van der Waals surface area contributed by atoms with Gasteiger partial charge in [0.15, 0.2) is 6.29 Å². The highest BCUT2D eigenvalue weighted by molar-refractivity contribution is 7.20. The smallest absolute Gasteiger partial charge is 0.270 e. The molecule has 0 amide bonds. The SMILES string of the molecule is O=Cc1cc2ccc([N+](=O)[O-])cc2s1. The van der Waals surface area contributed by atoms with E-state index in [-0.39, 0.29) is 5.69 Å². The van der Waals surface area contributed by atoms with Crippen LogP contribution in [0.4, 0.5) is 5.69 Å². The van der Waals surface area contributed by atoms with Gasteiger partial charge in [0.2, 0.25) is 0 Å². The lowest BCUT2D eigenvalue weighted by Gasteiger charge is -1.89. The van der Waals surface area contributed by atoms with Crippen molar-refractivity contribution in [2.75, 3.05) is 0 Å². The van der Waals surface area contributed by atoms with E-state index in [2.05, 4.69) is 0 Å². The predicted molar refractivity (Wildman–Crippen MR) is 53.9 cm³/mol. The van der Waals surface area contributed by atoms with Gasteiger partial charge in [-0.3, -0.25) is 14.9 Å². The maximum absolute atomic E-state index is 10.5. The number of nitro groups is 1. The van der Waals surface area contributed by atoms with Crippen molar-refractivity contribution in [2.24, 2.45) is 0 Å². The summed E-state index contributed by atoms with van der Waals surface area (Å²) in [7, 11) is 0. The molecule has 4 nitrogen and oxygen atoms in total. The Labute approximate surface area is 82.9 Å². The van der Waals surface area contributed by atoms with Gasteiger partial charge in [0, 0.05) is 16.8 Å². The number of aldehydes is 1. The molecular weight excluding hydrogens is 202 g/mol. The fourth-order valence-electron chi connectivity index (χ4n) is 1.21. The molecule has 1 aromatic heterocycles. The van der Waals surface area contributed by atoms with Crippen molar-refractivity contribution in [3.8, 4) is 0 Å². The van der Waals surface area contributed by atoms with Gasteiger partial charge < -0.3 is 0 Å². The molecule has 0 unspecified atom stereocenters. The van der Waals surface area contributed by atoms with Crippen LogP contribution in [0.5, 0.6) is 0 Å². The van der Waals surface area contributed by atoms with E-state index in [0.717, 1.165) is 16.4 Å². The van der Waals surface area contributed by atoms with Crippen molar-refractivity contribution in [3.63, 3.8) is 0 Å². The standard InChI is InChI=1S/C9H5NO3S/c11-5-8-3-6-1-2-7(10(12)13)4-9(6)14-8/h1-5H. The summed E-state index contributed by atoms with van der Waals surface area (Å²) in [5, 5.41) is 11.3. The summed E-state index contributed by atoms with van der Waals surface area (Å²) in [6.07, 6.45) is 0.747. The first-order valence-corrected chi connectivity index (χ1v) is 4.65. The van der Waals surface area contributed by atoms with Crippen LogP contribution in [0.15, 0.2) is 24.3 Å². The minimum atomic E-state index is -0.445. The van der Waals surface area contributed by atoms with Crippen LogP contribution in [0.2, 0.25) is 0 Å². The van der Waals surface area contributed by atoms with Gasteiger partial charge >= 0.3 is 0 Å². The van der Waals surface area contributed by atoms with Gasteiger partial charge in [0.05, 0.1) is 9.80 Å². The number of hydrogen-bond donors (Lipinski definition) is 0. The molecule has 0 radical (unpaired) electrons. The first-order chi connectivity index (χ1) is 6.70. The lowest BCUT2D eigenvalue weighted by molar-refractivity contribution is -0.384. The summed E-state index contributed by atoms with van der Waals surface area (Å²) in [6.45, 7) is 0. The zero-order valence-corrected chi connectivity index (χ0v) is 7.78. The van der Waals surface area contributed by atoms with Crippen molar-refractivity contribution in [1.29, 1.82) is 0 Å². The highest BCUT2D eigenvalue weighted by Gasteiger charge is 2.08. The Balaban J connectivity index is 2.65. The van der Waals surface area contributed by atoms with Gasteiger partial charge in [0.25, 0.3) is 5.69 Å². The topological polar surface area (TPSA) is 60.2 Å². The molecule has 0 fully saturated rings. The Morgan fingerprint density at radius 1 is 1.36 bits per heavy atom. The Morgan fingerprint density at radius 2 is 2.14 bits per heavy atom. The largest absolute Gasteiger partial charge is 0.297 e. The maximum Gasteiger partial charge on any atom is 0.270 e. The highest BCUT2D eigenvalue weighted by atomic mass is 32.1. The minimum Gasteiger partial charge on any atom is -0.297 e. The van der Waals surface area contributed by atoms with Crippen LogP contribution in [0, 0.1) is 10.1 Å². The summed E-state index contributed by atoms with van der Waals surface area (Å²) < 4.78 is 0.765. The van der Waals surface area contributed by atoms with E-state index in [1.165, 1.54) is 23.5 Å². The fourth-order valence-corrected chi connectivity index (χ4v) is 2.12. The van der Waals surface area contributed by atoms with E-state index in [9.17, 15) is 14.9 Å². The molecule has 0 atom stereocenters. The number of nitro benzene ring substituents is 1. The Bertz CT molecular complexity index is 518. The van der Waals surface area contributed by atoms with Crippen LogP contribution in [0.3, 0.4) is 0 Å². The molecule has 0 spiro atoms. The molecule has 0 aliphatic heterocycles. The van der Waals surface area contributed by atoms with Gasteiger partial charge in [0.1, 0.15) is 0 Å². The molecular formula is C9H5NO3S. The lowest BCUT2D eigenvalue weighted by atomic mass is 10.2. The monoisotopic (exact) mass is 207 g/mol. The first-order valence-electron chi connectivity index (χ1n) is 3.84. The van der Waals surface area contributed by atoms with E-state index in [1.807, 2.05) is 0 Å². The number of non-ortho nitro benzene ring substituents is 1. The number of carbonyl (C=O) groups excluding carboxylic acids is 1. The summed E-state index contributed by atoms with van der Waals surface area (Å²) >= 11 is 1.26. The maximum atomic E-state index is 10.5. The van der Waals surface area contributed by atoms with Crippen LogP contribution >= 0.6 is 11.3 Å². The quantitative estimate of drug-likeness (QED) is 0.432. The molecule has 0 bridgehead atoms. The Kier molecular flexibility index (Phi) is 2.01. The molecule has 70 valence electrons. The van der Waals surface area contributed by atoms with Crippen LogP contribution in [0.25, 0.3) is 10.1 Å². The van der Waals surface area contributed by atoms with Crippen LogP contribution in [-0.4, -0.2) is 11.2 Å². The minimum absolute atomic E-state index is 0.0526. The third kappa shape index (κ3) is 1.38. The van der Waals surface area contributed by atoms with Gasteiger partial charge in [-0.2, -0.15) is 0 Å². The van der Waals surface area contributed by atoms with Gasteiger partial charge in [-0.15, -0.1) is 11.3 Å². The molecule has 0 saturated carbocycles. The summed E-state index contributed by atoms with van der Waals surface area (Å²) in [4.78, 5) is 21.1. The van der Waals surface area contributed by atoms with Crippen molar-refractivity contribution in [3.05, 3.63) is 39.3 Å². The number of thiophene rings is 1. The van der Waals surface area contributed by atoms with Gasteiger partial charge in [-0.05, 0) is 17.5 Å². The summed E-state index contributed by atoms with van der Waals surface area (Å²) in [5.41, 5.74) is 0.0526. The van der Waals surface area contributed by atoms with E-state index in [1.54, 1.807) is 12.1 Å². The van der Waals surface area contributed by atoms with Crippen LogP contribution < -0.4 is 0 Å². The van der Waals surface area contributed by atoms with E-state index < -0.39 is 4.92 Å². The Hall–Kier alpha value is -1.75. The van der Waals surface area contributed by atoms with Crippen molar-refractivity contribution >= 4 is 33.4 Å². The van der Waals surface area contributed by atoms with Gasteiger partial charge in [-0.1, -0.05) is 0 Å². The average Bonchev–Trinajstić information content (AvgIpc) is 2.58. The molecule has 0 aliphatic rings. The Morgan fingerprint density at radius 3 is 2.79 bits per heavy atom. The third-order valence-electron chi connectivity index (χ3n) is 1.85. The second kappa shape index (κ2) is 3.19. The number of hydrogen-bond acceptors (Lipinski definition) is 4. The van der Waals surface area contributed by atoms with Crippen molar-refractivity contribution in [2.45, 2.75) is 0 Å². The summed E-state index contributed by atoms with van der Waals surface area (Å²) in [6, 6.07) is 6.28. The van der Waals surface area contributed by atoms with Gasteiger partial charge in [-0.25, -0.2) is 0 Å². The molecule has 0 aliphatic carbocycles. The number of rotatable bonds is 2. The molecule has 1 heterocycles. The second-order valence-corrected chi connectivity index (χ2v) is 3.86. The predicted octanol–water partition coefficient (Wildman–Crippen LogP) is 2.62. The van der Waals surface area contributed by atoms with Crippen molar-refractivity contribution < 1.29 is 9.72 Å². The highest BCUT2D eigenvalue weighted by Crippen LogP contribution is 2.27. The zero-order valence-electron chi connectivity index (χ0n) is 6.97. The van der Waals surface area contributed by atoms with E-state index >= 15 is 0 Å². The number of benzene rings is 1. The van der Waals surface area contributed by atoms with Crippen molar-refractivity contribution in [1.82, 2.24) is 0 Å². The normalized spacial score (nSPS) is 10.3.